The van der Waals surface area contributed by atoms with Crippen molar-refractivity contribution >= 4 is 28.1 Å². The maximum Gasteiger partial charge on any atom is 0.248 e. The number of aromatic nitrogens is 3. The summed E-state index contributed by atoms with van der Waals surface area (Å²) in [5.41, 5.74) is 6.82. The molecule has 0 spiro atoms. The molecule has 2 heterocycles. The summed E-state index contributed by atoms with van der Waals surface area (Å²) in [5.74, 6) is 0.921. The van der Waals surface area contributed by atoms with Gasteiger partial charge in [-0.15, -0.1) is 0 Å². The number of hydrogen-bond acceptors (Lipinski definition) is 5. The van der Waals surface area contributed by atoms with Crippen LogP contribution < -0.4 is 10.5 Å². The number of hydrogen-bond donors (Lipinski definition) is 1. The minimum Gasteiger partial charge on any atom is -0.436 e. The molecule has 3 rings (SSSR count). The summed E-state index contributed by atoms with van der Waals surface area (Å²) in [7, 11) is 0. The van der Waals surface area contributed by atoms with E-state index in [0.29, 0.717) is 11.4 Å². The summed E-state index contributed by atoms with van der Waals surface area (Å²) in [5, 5.41) is 0.884. The lowest BCUT2D eigenvalue weighted by atomic mass is 10.2. The fourth-order valence-corrected chi connectivity index (χ4v) is 1.98. The molecule has 20 heavy (non-hydrogen) atoms. The summed E-state index contributed by atoms with van der Waals surface area (Å²) in [6, 6.07) is 9.38. The summed E-state index contributed by atoms with van der Waals surface area (Å²) >= 11 is 4.94. The first-order valence-electron chi connectivity index (χ1n) is 5.88. The SMILES string of the molecule is NC(=S)c1nccnc1Oc1cccc2ncccc12. The number of pyridine rings is 1. The van der Waals surface area contributed by atoms with Crippen molar-refractivity contribution in [2.24, 2.45) is 5.73 Å². The second-order valence-electron chi connectivity index (χ2n) is 4.00. The Balaban J connectivity index is 2.08. The Kier molecular flexibility index (Phi) is 3.22. The smallest absolute Gasteiger partial charge is 0.248 e. The lowest BCUT2D eigenvalue weighted by Crippen LogP contribution is -2.13. The second kappa shape index (κ2) is 5.18. The van der Waals surface area contributed by atoms with Gasteiger partial charge in [-0.3, -0.25) is 4.98 Å². The Morgan fingerprint density at radius 1 is 1.00 bits per heavy atom. The molecule has 0 bridgehead atoms. The molecule has 2 aromatic heterocycles. The highest BCUT2D eigenvalue weighted by Gasteiger charge is 2.11. The van der Waals surface area contributed by atoms with E-state index >= 15 is 0 Å². The molecule has 0 fully saturated rings. The van der Waals surface area contributed by atoms with Crippen LogP contribution in [0.5, 0.6) is 11.6 Å². The van der Waals surface area contributed by atoms with Crippen LogP contribution in [0.25, 0.3) is 10.9 Å². The van der Waals surface area contributed by atoms with Crippen molar-refractivity contribution in [1.82, 2.24) is 15.0 Å². The molecule has 0 saturated heterocycles. The lowest BCUT2D eigenvalue weighted by molar-refractivity contribution is 0.464. The van der Waals surface area contributed by atoms with Crippen LogP contribution in [0.2, 0.25) is 0 Å². The third kappa shape index (κ3) is 2.28. The van der Waals surface area contributed by atoms with Crippen molar-refractivity contribution in [3.63, 3.8) is 0 Å². The van der Waals surface area contributed by atoms with Crippen LogP contribution in [-0.4, -0.2) is 19.9 Å². The first-order valence-corrected chi connectivity index (χ1v) is 6.29. The average Bonchev–Trinajstić information content (AvgIpc) is 2.48. The zero-order chi connectivity index (χ0) is 13.9. The first-order chi connectivity index (χ1) is 9.75. The Labute approximate surface area is 120 Å². The zero-order valence-electron chi connectivity index (χ0n) is 10.4. The molecule has 3 aromatic rings. The van der Waals surface area contributed by atoms with Crippen LogP contribution in [0.1, 0.15) is 5.69 Å². The molecule has 2 N–H and O–H groups in total. The van der Waals surface area contributed by atoms with E-state index in [1.54, 1.807) is 6.20 Å². The maximum absolute atomic E-state index is 5.80. The van der Waals surface area contributed by atoms with Crippen LogP contribution in [0, 0.1) is 0 Å². The Morgan fingerprint density at radius 2 is 1.85 bits per heavy atom. The average molecular weight is 282 g/mol. The van der Waals surface area contributed by atoms with Gasteiger partial charge in [-0.2, -0.15) is 0 Å². The van der Waals surface area contributed by atoms with Crippen LogP contribution >= 0.6 is 12.2 Å². The van der Waals surface area contributed by atoms with Crippen LogP contribution in [0.15, 0.2) is 48.9 Å². The molecule has 0 aliphatic heterocycles. The minimum absolute atomic E-state index is 0.145. The number of ether oxygens (including phenoxy) is 1. The normalized spacial score (nSPS) is 10.4. The van der Waals surface area contributed by atoms with Crippen molar-refractivity contribution in [1.29, 1.82) is 0 Å². The first kappa shape index (κ1) is 12.4. The van der Waals surface area contributed by atoms with Gasteiger partial charge in [0.2, 0.25) is 5.88 Å². The lowest BCUT2D eigenvalue weighted by Gasteiger charge is -2.09. The standard InChI is InChI=1S/C14H10N4OS/c15-13(20)12-14(18-8-7-17-12)19-11-5-1-4-10-9(11)3-2-6-16-10/h1-8H,(H2,15,20). The topological polar surface area (TPSA) is 73.9 Å². The fraction of sp³-hybridized carbons (Fsp3) is 0. The van der Waals surface area contributed by atoms with Crippen molar-refractivity contribution in [2.45, 2.75) is 0 Å². The number of rotatable bonds is 3. The van der Waals surface area contributed by atoms with Gasteiger partial charge < -0.3 is 10.5 Å². The van der Waals surface area contributed by atoms with Gasteiger partial charge in [0, 0.05) is 24.0 Å². The van der Waals surface area contributed by atoms with E-state index in [1.165, 1.54) is 12.4 Å². The van der Waals surface area contributed by atoms with E-state index in [1.807, 2.05) is 30.3 Å². The van der Waals surface area contributed by atoms with Crippen LogP contribution in [0.4, 0.5) is 0 Å². The summed E-state index contributed by atoms with van der Waals surface area (Å²) in [6.07, 6.45) is 4.78. The van der Waals surface area contributed by atoms with Gasteiger partial charge in [-0.25, -0.2) is 9.97 Å². The monoisotopic (exact) mass is 282 g/mol. The Morgan fingerprint density at radius 3 is 2.70 bits per heavy atom. The number of fused-ring (bicyclic) bond motifs is 1. The van der Waals surface area contributed by atoms with Crippen molar-refractivity contribution in [2.75, 3.05) is 0 Å². The molecule has 0 amide bonds. The second-order valence-corrected chi connectivity index (χ2v) is 4.44. The minimum atomic E-state index is 0.145. The largest absolute Gasteiger partial charge is 0.436 e. The van der Waals surface area contributed by atoms with E-state index in [0.717, 1.165) is 10.9 Å². The van der Waals surface area contributed by atoms with Crippen molar-refractivity contribution in [3.8, 4) is 11.6 Å². The Hall–Kier alpha value is -2.60. The summed E-state index contributed by atoms with van der Waals surface area (Å²) < 4.78 is 5.80. The molecule has 5 nitrogen and oxygen atoms in total. The predicted octanol–water partition coefficient (Wildman–Crippen LogP) is 2.45. The third-order valence-corrected chi connectivity index (χ3v) is 2.90. The number of nitrogens with zero attached hydrogens (tertiary/aromatic N) is 3. The van der Waals surface area contributed by atoms with Crippen molar-refractivity contribution < 1.29 is 4.74 Å². The van der Waals surface area contributed by atoms with E-state index in [-0.39, 0.29) is 10.9 Å². The molecule has 6 heteroatoms. The quantitative estimate of drug-likeness (QED) is 0.744. The molecular formula is C14H10N4OS. The van der Waals surface area contributed by atoms with E-state index in [4.69, 9.17) is 22.7 Å². The molecule has 1 aromatic carbocycles. The van der Waals surface area contributed by atoms with Gasteiger partial charge in [-0.1, -0.05) is 18.3 Å². The van der Waals surface area contributed by atoms with Gasteiger partial charge >= 0.3 is 0 Å². The number of thiocarbonyl (C=S) groups is 1. The van der Waals surface area contributed by atoms with Gasteiger partial charge in [0.25, 0.3) is 0 Å². The highest BCUT2D eigenvalue weighted by molar-refractivity contribution is 7.80. The number of nitrogens with two attached hydrogens (primary N) is 1. The fourth-order valence-electron chi connectivity index (χ4n) is 1.84. The highest BCUT2D eigenvalue weighted by atomic mass is 32.1. The van der Waals surface area contributed by atoms with E-state index in [9.17, 15) is 0 Å². The molecule has 0 aliphatic rings. The zero-order valence-corrected chi connectivity index (χ0v) is 11.2. The van der Waals surface area contributed by atoms with Gasteiger partial charge in [0.05, 0.1) is 5.52 Å². The predicted molar refractivity (Wildman–Crippen MR) is 79.7 cm³/mol. The molecule has 0 unspecified atom stereocenters. The summed E-state index contributed by atoms with van der Waals surface area (Å²) in [6.45, 7) is 0. The summed E-state index contributed by atoms with van der Waals surface area (Å²) in [4.78, 5) is 12.6. The highest BCUT2D eigenvalue weighted by Crippen LogP contribution is 2.28. The van der Waals surface area contributed by atoms with E-state index < -0.39 is 0 Å². The molecule has 0 aliphatic carbocycles. The molecule has 0 radical (unpaired) electrons. The van der Waals surface area contributed by atoms with Crippen LogP contribution in [0.3, 0.4) is 0 Å². The van der Waals surface area contributed by atoms with Crippen molar-refractivity contribution in [3.05, 3.63) is 54.6 Å². The maximum atomic E-state index is 5.80. The van der Waals surface area contributed by atoms with Gasteiger partial charge in [0.1, 0.15) is 10.7 Å². The van der Waals surface area contributed by atoms with E-state index in [2.05, 4.69) is 15.0 Å². The third-order valence-electron chi connectivity index (χ3n) is 2.71. The number of benzene rings is 1. The molecule has 98 valence electrons. The van der Waals surface area contributed by atoms with Gasteiger partial charge in [-0.05, 0) is 24.3 Å². The molecular weight excluding hydrogens is 272 g/mol. The molecule has 0 saturated carbocycles. The van der Waals surface area contributed by atoms with Gasteiger partial charge in [0.15, 0.2) is 5.69 Å². The van der Waals surface area contributed by atoms with Crippen LogP contribution in [-0.2, 0) is 0 Å². The molecule has 0 atom stereocenters. The Bertz CT molecular complexity index is 785.